The van der Waals surface area contributed by atoms with Crippen molar-refractivity contribution >= 4 is 23.2 Å². The van der Waals surface area contributed by atoms with Gasteiger partial charge in [0, 0.05) is 18.4 Å². The first-order valence-corrected chi connectivity index (χ1v) is 11.6. The molecule has 7 nitrogen and oxygen atoms in total. The van der Waals surface area contributed by atoms with Gasteiger partial charge in [0.25, 0.3) is 5.56 Å². The van der Waals surface area contributed by atoms with Crippen LogP contribution in [0.1, 0.15) is 59.6 Å². The van der Waals surface area contributed by atoms with Gasteiger partial charge in [0.2, 0.25) is 5.91 Å². The van der Waals surface area contributed by atoms with E-state index >= 15 is 0 Å². The topological polar surface area (TPSA) is 88.9 Å². The first kappa shape index (κ1) is 24.2. The molecule has 174 valence electrons. The van der Waals surface area contributed by atoms with Crippen molar-refractivity contribution in [2.45, 2.75) is 66.6 Å². The molecule has 0 bridgehead atoms. The first-order chi connectivity index (χ1) is 15.0. The molecule has 1 saturated carbocycles. The zero-order valence-corrected chi connectivity index (χ0v) is 20.5. The molecule has 3 rings (SSSR count). The van der Waals surface area contributed by atoms with E-state index in [1.54, 1.807) is 18.6 Å². The van der Waals surface area contributed by atoms with E-state index in [0.717, 1.165) is 16.7 Å². The van der Waals surface area contributed by atoms with E-state index in [1.165, 1.54) is 0 Å². The van der Waals surface area contributed by atoms with Gasteiger partial charge in [0.05, 0.1) is 17.9 Å². The summed E-state index contributed by atoms with van der Waals surface area (Å²) in [5, 5.41) is 10.6. The van der Waals surface area contributed by atoms with E-state index < -0.39 is 5.56 Å². The lowest BCUT2D eigenvalue weighted by atomic mass is 9.58. The highest BCUT2D eigenvalue weighted by Gasteiger charge is 2.43. The normalized spacial score (nSPS) is 25.7. The maximum atomic E-state index is 12.8. The number of anilines is 1. The van der Waals surface area contributed by atoms with Crippen LogP contribution >= 0.6 is 11.6 Å². The van der Waals surface area contributed by atoms with Gasteiger partial charge in [-0.25, -0.2) is 4.68 Å². The van der Waals surface area contributed by atoms with E-state index in [-0.39, 0.29) is 35.0 Å². The lowest BCUT2D eigenvalue weighted by Gasteiger charge is -2.50. The summed E-state index contributed by atoms with van der Waals surface area (Å²) < 4.78 is 1.10. The molecular formula is C24H34ClN5O2. The Hall–Kier alpha value is -2.41. The Morgan fingerprint density at radius 2 is 1.94 bits per heavy atom. The van der Waals surface area contributed by atoms with Crippen molar-refractivity contribution in [3.05, 3.63) is 51.7 Å². The van der Waals surface area contributed by atoms with Gasteiger partial charge in [0.1, 0.15) is 11.6 Å². The third-order valence-corrected chi connectivity index (χ3v) is 8.04. The van der Waals surface area contributed by atoms with Crippen LogP contribution in [0.5, 0.6) is 0 Å². The van der Waals surface area contributed by atoms with E-state index in [9.17, 15) is 9.59 Å². The number of amides is 1. The van der Waals surface area contributed by atoms with Crippen LogP contribution in [0.25, 0.3) is 0 Å². The van der Waals surface area contributed by atoms with Crippen LogP contribution in [-0.4, -0.2) is 26.7 Å². The van der Waals surface area contributed by atoms with E-state index in [2.05, 4.69) is 55.3 Å². The highest BCUT2D eigenvalue weighted by molar-refractivity contribution is 6.32. The average Bonchev–Trinajstić information content (AvgIpc) is 2.76. The van der Waals surface area contributed by atoms with E-state index in [0.29, 0.717) is 23.4 Å². The molecule has 0 spiro atoms. The quantitative estimate of drug-likeness (QED) is 0.672. The molecule has 2 N–H and O–H groups in total. The summed E-state index contributed by atoms with van der Waals surface area (Å²) >= 11 is 6.40. The maximum Gasteiger partial charge on any atom is 0.288 e. The molecule has 0 saturated heterocycles. The number of halogens is 1. The second kappa shape index (κ2) is 9.61. The third kappa shape index (κ3) is 4.98. The van der Waals surface area contributed by atoms with Crippen molar-refractivity contribution in [2.24, 2.45) is 23.2 Å². The molecule has 0 aliphatic heterocycles. The van der Waals surface area contributed by atoms with Crippen LogP contribution in [-0.2, 0) is 11.3 Å². The summed E-state index contributed by atoms with van der Waals surface area (Å²) in [5.41, 5.74) is 1.23. The summed E-state index contributed by atoms with van der Waals surface area (Å²) in [6, 6.07) is 3.66. The zero-order valence-electron chi connectivity index (χ0n) is 19.7. The van der Waals surface area contributed by atoms with Crippen molar-refractivity contribution in [1.82, 2.24) is 20.1 Å². The van der Waals surface area contributed by atoms with Crippen LogP contribution in [0.15, 0.2) is 35.5 Å². The van der Waals surface area contributed by atoms with Gasteiger partial charge in [0.15, 0.2) is 0 Å². The van der Waals surface area contributed by atoms with E-state index in [1.807, 2.05) is 19.1 Å². The fourth-order valence-corrected chi connectivity index (χ4v) is 4.80. The Bertz CT molecular complexity index is 1010. The molecule has 1 aliphatic rings. The highest BCUT2D eigenvalue weighted by atomic mass is 35.5. The van der Waals surface area contributed by atoms with Crippen molar-refractivity contribution in [3.63, 3.8) is 0 Å². The van der Waals surface area contributed by atoms with Gasteiger partial charge in [-0.05, 0) is 54.2 Å². The minimum atomic E-state index is -0.478. The van der Waals surface area contributed by atoms with Crippen LogP contribution < -0.4 is 16.2 Å². The molecule has 2 aromatic rings. The first-order valence-electron chi connectivity index (χ1n) is 11.2. The number of nitrogens with zero attached hydrogens (tertiary/aromatic N) is 3. The Morgan fingerprint density at radius 3 is 2.59 bits per heavy atom. The van der Waals surface area contributed by atoms with Crippen LogP contribution in [0, 0.1) is 23.2 Å². The van der Waals surface area contributed by atoms with Gasteiger partial charge < -0.3 is 10.6 Å². The number of aromatic nitrogens is 3. The summed E-state index contributed by atoms with van der Waals surface area (Å²) in [6.45, 7) is 13.1. The van der Waals surface area contributed by atoms with Gasteiger partial charge in [-0.15, -0.1) is 0 Å². The predicted molar refractivity (Wildman–Crippen MR) is 128 cm³/mol. The number of carbonyl (C=O) groups excluding carboxylic acids is 1. The summed E-state index contributed by atoms with van der Waals surface area (Å²) in [5.74, 6) is 1.15. The Kier molecular flexibility index (Phi) is 7.28. The fraction of sp³-hybridized carbons (Fsp3) is 0.583. The Balaban J connectivity index is 1.69. The van der Waals surface area contributed by atoms with Gasteiger partial charge in [-0.1, -0.05) is 46.2 Å². The second-order valence-electron chi connectivity index (χ2n) is 9.76. The lowest BCUT2D eigenvalue weighted by molar-refractivity contribution is -0.122. The van der Waals surface area contributed by atoms with Crippen LogP contribution in [0.2, 0.25) is 5.02 Å². The molecule has 2 aromatic heterocycles. The molecule has 0 aromatic carbocycles. The molecule has 1 amide bonds. The summed E-state index contributed by atoms with van der Waals surface area (Å²) in [7, 11) is 0. The highest BCUT2D eigenvalue weighted by Crippen LogP contribution is 2.48. The maximum absolute atomic E-state index is 12.8. The number of pyridine rings is 1. The van der Waals surface area contributed by atoms with Crippen molar-refractivity contribution < 1.29 is 4.79 Å². The molecule has 2 heterocycles. The van der Waals surface area contributed by atoms with Crippen molar-refractivity contribution in [1.29, 1.82) is 0 Å². The molecule has 1 fully saturated rings. The smallest absolute Gasteiger partial charge is 0.288 e. The molecule has 5 atom stereocenters. The van der Waals surface area contributed by atoms with E-state index in [4.69, 9.17) is 11.6 Å². The zero-order chi connectivity index (χ0) is 23.6. The summed E-state index contributed by atoms with van der Waals surface area (Å²) in [6.07, 6.45) is 5.88. The standard InChI is InChI=1S/C24H34ClN5O2/c1-14-11-19(15(2)16(3)24(14,5)6)29-20-12-27-30(23(32)22(20)25)13-21(31)28-17(4)18-7-9-26-10-8-18/h7-10,12,14-17,19,29H,11,13H2,1-6H3,(H,28,31)/t14-,15+,16+,17+,19+/m0/s1. The SMILES string of the molecule is C[C@@H]1[C@@H](C)C(C)(C)[C@@H](C)C[C@H]1Nc1cnn(CC(=O)N[C@H](C)c2ccncc2)c(=O)c1Cl. The lowest BCUT2D eigenvalue weighted by Crippen LogP contribution is -2.48. The number of nitrogens with one attached hydrogen (secondary N) is 2. The Morgan fingerprint density at radius 1 is 1.28 bits per heavy atom. The third-order valence-electron chi connectivity index (χ3n) is 7.68. The average molecular weight is 460 g/mol. The molecule has 0 unspecified atom stereocenters. The van der Waals surface area contributed by atoms with Gasteiger partial charge in [-0.3, -0.25) is 14.6 Å². The predicted octanol–water partition coefficient (Wildman–Crippen LogP) is 4.29. The number of carbonyl (C=O) groups is 1. The number of hydrogen-bond acceptors (Lipinski definition) is 5. The second-order valence-corrected chi connectivity index (χ2v) is 10.1. The largest absolute Gasteiger partial charge is 0.379 e. The molecule has 0 radical (unpaired) electrons. The Labute approximate surface area is 195 Å². The minimum absolute atomic E-state index is 0.0623. The molecule has 8 heteroatoms. The molecule has 32 heavy (non-hydrogen) atoms. The van der Waals surface area contributed by atoms with Crippen LogP contribution in [0.3, 0.4) is 0 Å². The van der Waals surface area contributed by atoms with Gasteiger partial charge in [-0.2, -0.15) is 5.10 Å². The number of hydrogen-bond donors (Lipinski definition) is 2. The summed E-state index contributed by atoms with van der Waals surface area (Å²) in [4.78, 5) is 29.2. The van der Waals surface area contributed by atoms with Gasteiger partial charge >= 0.3 is 0 Å². The molecular weight excluding hydrogens is 426 g/mol. The molecule has 1 aliphatic carbocycles. The van der Waals surface area contributed by atoms with Crippen LogP contribution in [0.4, 0.5) is 5.69 Å². The van der Waals surface area contributed by atoms with Crippen molar-refractivity contribution in [3.8, 4) is 0 Å². The minimum Gasteiger partial charge on any atom is -0.379 e. The van der Waals surface area contributed by atoms with Crippen molar-refractivity contribution in [2.75, 3.05) is 5.32 Å². The monoisotopic (exact) mass is 459 g/mol. The number of rotatable bonds is 6. The fourth-order valence-electron chi connectivity index (χ4n) is 4.60.